The van der Waals surface area contributed by atoms with Crippen molar-refractivity contribution in [3.63, 3.8) is 0 Å². The molecule has 1 heterocycles. The Morgan fingerprint density at radius 3 is 2.61 bits per heavy atom. The summed E-state index contributed by atoms with van der Waals surface area (Å²) in [4.78, 5) is 19.2. The Kier molecular flexibility index (Phi) is 4.51. The standard InChI is InChI=1S/C22H15N3O3/c26-22-12-11-17(25(27)28)13-21(22)23-14-16-7-4-10-20(24-16)19-9-3-6-15-5-1-2-8-18(15)19/h1-14,26H. The molecule has 4 rings (SSSR count). The molecule has 6 nitrogen and oxygen atoms in total. The largest absolute Gasteiger partial charge is 0.506 e. The molecule has 0 saturated heterocycles. The summed E-state index contributed by atoms with van der Waals surface area (Å²) in [5.74, 6) is -0.132. The van der Waals surface area contributed by atoms with Crippen LogP contribution in [0.4, 0.5) is 11.4 Å². The Balaban J connectivity index is 1.71. The second-order valence-electron chi connectivity index (χ2n) is 6.16. The molecule has 6 heteroatoms. The molecule has 1 aromatic heterocycles. The topological polar surface area (TPSA) is 88.6 Å². The molecule has 1 N–H and O–H groups in total. The van der Waals surface area contributed by atoms with Gasteiger partial charge in [0.25, 0.3) is 5.69 Å². The van der Waals surface area contributed by atoms with Gasteiger partial charge in [-0.3, -0.25) is 15.1 Å². The second-order valence-corrected chi connectivity index (χ2v) is 6.16. The van der Waals surface area contributed by atoms with Crippen LogP contribution in [0.1, 0.15) is 5.69 Å². The average molecular weight is 369 g/mol. The fourth-order valence-corrected chi connectivity index (χ4v) is 2.99. The summed E-state index contributed by atoms with van der Waals surface area (Å²) >= 11 is 0. The number of non-ortho nitro benzene ring substituents is 1. The van der Waals surface area contributed by atoms with Crippen LogP contribution < -0.4 is 0 Å². The van der Waals surface area contributed by atoms with Crippen LogP contribution in [0.25, 0.3) is 22.0 Å². The van der Waals surface area contributed by atoms with Crippen molar-refractivity contribution in [3.8, 4) is 17.0 Å². The van der Waals surface area contributed by atoms with Crippen LogP contribution in [0.15, 0.2) is 83.9 Å². The van der Waals surface area contributed by atoms with Gasteiger partial charge in [-0.05, 0) is 29.0 Å². The van der Waals surface area contributed by atoms with Gasteiger partial charge in [0.2, 0.25) is 0 Å². The number of aliphatic imine (C=N–C) groups is 1. The number of rotatable bonds is 4. The highest BCUT2D eigenvalue weighted by atomic mass is 16.6. The molecule has 0 spiro atoms. The minimum atomic E-state index is -0.530. The normalized spacial score (nSPS) is 11.1. The van der Waals surface area contributed by atoms with Crippen molar-refractivity contribution in [2.24, 2.45) is 4.99 Å². The highest BCUT2D eigenvalue weighted by Gasteiger charge is 2.09. The van der Waals surface area contributed by atoms with E-state index in [2.05, 4.69) is 22.1 Å². The number of hydrogen-bond donors (Lipinski definition) is 1. The Labute approximate surface area is 160 Å². The van der Waals surface area contributed by atoms with E-state index in [0.717, 1.165) is 22.0 Å². The molecular weight excluding hydrogens is 354 g/mol. The molecule has 0 aliphatic rings. The first-order valence-corrected chi connectivity index (χ1v) is 8.58. The lowest BCUT2D eigenvalue weighted by Crippen LogP contribution is -1.91. The van der Waals surface area contributed by atoms with Crippen molar-refractivity contribution in [2.75, 3.05) is 0 Å². The number of aromatic hydroxyl groups is 1. The molecule has 0 aliphatic heterocycles. The molecule has 3 aromatic carbocycles. The van der Waals surface area contributed by atoms with Crippen LogP contribution in [0.2, 0.25) is 0 Å². The van der Waals surface area contributed by atoms with Crippen LogP contribution >= 0.6 is 0 Å². The number of fused-ring (bicyclic) bond motifs is 1. The Hall–Kier alpha value is -4.06. The zero-order valence-electron chi connectivity index (χ0n) is 14.7. The number of pyridine rings is 1. The SMILES string of the molecule is O=[N+]([O-])c1ccc(O)c(N=Cc2cccc(-c3cccc4ccccc34)n2)c1. The lowest BCUT2D eigenvalue weighted by atomic mass is 10.0. The van der Waals surface area contributed by atoms with Crippen LogP contribution in [-0.2, 0) is 0 Å². The third-order valence-corrected chi connectivity index (χ3v) is 4.34. The molecule has 0 radical (unpaired) electrons. The van der Waals surface area contributed by atoms with E-state index < -0.39 is 4.92 Å². The third-order valence-electron chi connectivity index (χ3n) is 4.34. The molecular formula is C22H15N3O3. The van der Waals surface area contributed by atoms with Crippen LogP contribution in [0, 0.1) is 10.1 Å². The van der Waals surface area contributed by atoms with Crippen molar-refractivity contribution < 1.29 is 10.0 Å². The highest BCUT2D eigenvalue weighted by molar-refractivity contribution is 5.96. The molecule has 0 aliphatic carbocycles. The summed E-state index contributed by atoms with van der Waals surface area (Å²) in [6, 6.07) is 23.4. The van der Waals surface area contributed by atoms with Gasteiger partial charge in [-0.1, -0.05) is 48.5 Å². The fourth-order valence-electron chi connectivity index (χ4n) is 2.99. The number of hydrogen-bond acceptors (Lipinski definition) is 5. The smallest absolute Gasteiger partial charge is 0.271 e. The maximum atomic E-state index is 10.9. The molecule has 28 heavy (non-hydrogen) atoms. The maximum absolute atomic E-state index is 10.9. The van der Waals surface area contributed by atoms with Crippen molar-refractivity contribution in [1.82, 2.24) is 4.98 Å². The number of phenolic OH excluding ortho intramolecular Hbond substituents is 1. The first kappa shape index (κ1) is 17.4. The Morgan fingerprint density at radius 2 is 1.75 bits per heavy atom. The molecule has 4 aromatic rings. The van der Waals surface area contributed by atoms with Crippen molar-refractivity contribution in [2.45, 2.75) is 0 Å². The predicted octanol–water partition coefficient (Wildman–Crippen LogP) is 5.27. The number of nitro groups is 1. The van der Waals surface area contributed by atoms with Gasteiger partial charge < -0.3 is 5.11 Å². The first-order valence-electron chi connectivity index (χ1n) is 8.58. The summed E-state index contributed by atoms with van der Waals surface area (Å²) in [7, 11) is 0. The van der Waals surface area contributed by atoms with Crippen LogP contribution in [0.3, 0.4) is 0 Å². The molecule has 136 valence electrons. The zero-order valence-corrected chi connectivity index (χ0v) is 14.7. The van der Waals surface area contributed by atoms with Crippen molar-refractivity contribution in [1.29, 1.82) is 0 Å². The number of nitro benzene ring substituents is 1. The highest BCUT2D eigenvalue weighted by Crippen LogP contribution is 2.30. The lowest BCUT2D eigenvalue weighted by Gasteiger charge is -2.06. The minimum absolute atomic E-state index is 0.117. The predicted molar refractivity (Wildman–Crippen MR) is 109 cm³/mol. The maximum Gasteiger partial charge on any atom is 0.271 e. The Morgan fingerprint density at radius 1 is 0.964 bits per heavy atom. The Bertz CT molecular complexity index is 1210. The second kappa shape index (κ2) is 7.28. The van der Waals surface area contributed by atoms with E-state index >= 15 is 0 Å². The van der Waals surface area contributed by atoms with E-state index in [1.165, 1.54) is 24.4 Å². The molecule has 0 fully saturated rings. The number of nitrogens with zero attached hydrogens (tertiary/aromatic N) is 3. The summed E-state index contributed by atoms with van der Waals surface area (Å²) in [6.45, 7) is 0. The first-order chi connectivity index (χ1) is 13.6. The van der Waals surface area contributed by atoms with Gasteiger partial charge in [0.1, 0.15) is 11.4 Å². The average Bonchev–Trinajstić information content (AvgIpc) is 2.73. The molecule has 0 unspecified atom stereocenters. The van der Waals surface area contributed by atoms with E-state index in [0.29, 0.717) is 5.69 Å². The lowest BCUT2D eigenvalue weighted by molar-refractivity contribution is -0.384. The van der Waals surface area contributed by atoms with E-state index in [9.17, 15) is 15.2 Å². The van der Waals surface area contributed by atoms with E-state index in [1.54, 1.807) is 6.07 Å². The minimum Gasteiger partial charge on any atom is -0.506 e. The van der Waals surface area contributed by atoms with Crippen molar-refractivity contribution in [3.05, 3.63) is 94.7 Å². The van der Waals surface area contributed by atoms with E-state index in [-0.39, 0.29) is 17.1 Å². The van der Waals surface area contributed by atoms with Gasteiger partial charge in [0, 0.05) is 17.7 Å². The van der Waals surface area contributed by atoms with Crippen molar-refractivity contribution >= 4 is 28.4 Å². The quantitative estimate of drug-likeness (QED) is 0.302. The number of aromatic nitrogens is 1. The summed E-state index contributed by atoms with van der Waals surface area (Å²) in [6.07, 6.45) is 1.48. The van der Waals surface area contributed by atoms with Gasteiger partial charge in [-0.15, -0.1) is 0 Å². The third kappa shape index (κ3) is 3.43. The molecule has 0 amide bonds. The van der Waals surface area contributed by atoms with Crippen LogP contribution in [-0.4, -0.2) is 21.2 Å². The number of benzene rings is 3. The van der Waals surface area contributed by atoms with E-state index in [4.69, 9.17) is 0 Å². The van der Waals surface area contributed by atoms with Gasteiger partial charge in [-0.25, -0.2) is 4.98 Å². The van der Waals surface area contributed by atoms with Gasteiger partial charge in [0.05, 0.1) is 22.5 Å². The van der Waals surface area contributed by atoms with E-state index in [1.807, 2.05) is 42.5 Å². The fraction of sp³-hybridized carbons (Fsp3) is 0. The van der Waals surface area contributed by atoms with Gasteiger partial charge in [0.15, 0.2) is 0 Å². The molecule has 0 bridgehead atoms. The summed E-state index contributed by atoms with van der Waals surface area (Å²) in [5, 5.41) is 23.0. The van der Waals surface area contributed by atoms with Crippen LogP contribution in [0.5, 0.6) is 5.75 Å². The summed E-state index contributed by atoms with van der Waals surface area (Å²) in [5.41, 5.74) is 2.36. The number of phenols is 1. The molecule has 0 saturated carbocycles. The van der Waals surface area contributed by atoms with Gasteiger partial charge in [-0.2, -0.15) is 0 Å². The molecule has 0 atom stereocenters. The zero-order chi connectivity index (χ0) is 19.5. The summed E-state index contributed by atoms with van der Waals surface area (Å²) < 4.78 is 0. The van der Waals surface area contributed by atoms with Gasteiger partial charge >= 0.3 is 0 Å². The monoisotopic (exact) mass is 369 g/mol.